The number of rotatable bonds is 13. The Bertz CT molecular complexity index is 1310. The summed E-state index contributed by atoms with van der Waals surface area (Å²) in [5, 5.41) is 21.9. The molecule has 1 aromatic carbocycles. The minimum atomic E-state index is -1.15. The maximum atomic E-state index is 13.6. The van der Waals surface area contributed by atoms with Gasteiger partial charge >= 0.3 is 5.97 Å². The highest BCUT2D eigenvalue weighted by Gasteiger charge is 2.32. The summed E-state index contributed by atoms with van der Waals surface area (Å²) >= 11 is 0. The Morgan fingerprint density at radius 3 is 2.38 bits per heavy atom. The number of aliphatic carboxylic acids is 1. The number of aromatic nitrogens is 3. The predicted molar refractivity (Wildman–Crippen MR) is 148 cm³/mol. The standard InChI is InChI=1S/C28H37N7O5/c1-16(2)10-24(28(39)40)35-26(37)22(11-17-13-31-20-7-4-3-6-19(17)20)33-27(38)23(12-18-14-29-15-32-18)34-25(36)21-8-5-9-30-21/h3-4,6-7,13-16,21-24,30-31H,5,8-12H2,1-2H3,(H,29,32)(H,33,38)(H,34,36)(H,35,37)(H,39,40). The van der Waals surface area contributed by atoms with Gasteiger partial charge < -0.3 is 36.3 Å². The lowest BCUT2D eigenvalue weighted by molar-refractivity contribution is -0.142. The number of carboxylic acids is 1. The second-order valence-electron chi connectivity index (χ2n) is 10.6. The van der Waals surface area contributed by atoms with Crippen molar-refractivity contribution in [2.45, 2.75) is 70.1 Å². The van der Waals surface area contributed by atoms with Crippen molar-refractivity contribution in [3.8, 4) is 0 Å². The molecule has 1 aliphatic rings. The molecule has 0 saturated carbocycles. The maximum Gasteiger partial charge on any atom is 0.326 e. The zero-order chi connectivity index (χ0) is 28.6. The highest BCUT2D eigenvalue weighted by atomic mass is 16.4. The summed E-state index contributed by atoms with van der Waals surface area (Å²) in [6.45, 7) is 4.47. The number of hydrogen-bond donors (Lipinski definition) is 7. The van der Waals surface area contributed by atoms with Crippen LogP contribution >= 0.6 is 0 Å². The molecule has 2 aromatic heterocycles. The van der Waals surface area contributed by atoms with Crippen LogP contribution in [-0.2, 0) is 32.0 Å². The topological polar surface area (TPSA) is 181 Å². The third-order valence-corrected chi connectivity index (χ3v) is 7.04. The van der Waals surface area contributed by atoms with E-state index in [-0.39, 0.29) is 31.1 Å². The van der Waals surface area contributed by atoms with Crippen molar-refractivity contribution < 1.29 is 24.3 Å². The van der Waals surface area contributed by atoms with Crippen molar-refractivity contribution in [1.29, 1.82) is 0 Å². The van der Waals surface area contributed by atoms with Crippen LogP contribution in [0.3, 0.4) is 0 Å². The lowest BCUT2D eigenvalue weighted by Gasteiger charge is -2.25. The third kappa shape index (κ3) is 7.47. The quantitative estimate of drug-likeness (QED) is 0.165. The molecular formula is C28H37N7O5. The van der Waals surface area contributed by atoms with E-state index in [1.54, 1.807) is 12.4 Å². The first kappa shape index (κ1) is 28.8. The smallest absolute Gasteiger partial charge is 0.326 e. The van der Waals surface area contributed by atoms with Gasteiger partial charge in [0, 0.05) is 41.8 Å². The summed E-state index contributed by atoms with van der Waals surface area (Å²) in [4.78, 5) is 62.0. The lowest BCUT2D eigenvalue weighted by atomic mass is 10.0. The van der Waals surface area contributed by atoms with Crippen LogP contribution in [0.25, 0.3) is 10.9 Å². The van der Waals surface area contributed by atoms with E-state index in [4.69, 9.17) is 0 Å². The van der Waals surface area contributed by atoms with Gasteiger partial charge in [-0.15, -0.1) is 0 Å². The molecule has 3 aromatic rings. The van der Waals surface area contributed by atoms with Gasteiger partial charge in [-0.1, -0.05) is 32.0 Å². The number of para-hydroxylation sites is 1. The van der Waals surface area contributed by atoms with Crippen LogP contribution in [0.2, 0.25) is 0 Å². The van der Waals surface area contributed by atoms with Crippen molar-refractivity contribution in [2.24, 2.45) is 5.92 Å². The first-order chi connectivity index (χ1) is 19.2. The molecular weight excluding hydrogens is 514 g/mol. The number of carboxylic acid groups (broad SMARTS) is 1. The molecule has 4 unspecified atom stereocenters. The van der Waals surface area contributed by atoms with Gasteiger partial charge in [-0.2, -0.15) is 0 Å². The molecule has 1 fully saturated rings. The minimum absolute atomic E-state index is 0.0289. The van der Waals surface area contributed by atoms with Gasteiger partial charge in [-0.3, -0.25) is 14.4 Å². The van der Waals surface area contributed by atoms with Crippen LogP contribution in [0.4, 0.5) is 0 Å². The van der Waals surface area contributed by atoms with E-state index in [2.05, 4.69) is 36.2 Å². The summed E-state index contributed by atoms with van der Waals surface area (Å²) in [7, 11) is 0. The molecule has 214 valence electrons. The molecule has 0 aliphatic carbocycles. The van der Waals surface area contributed by atoms with Crippen molar-refractivity contribution in [1.82, 2.24) is 36.2 Å². The van der Waals surface area contributed by atoms with E-state index >= 15 is 0 Å². The summed E-state index contributed by atoms with van der Waals surface area (Å²) in [5.74, 6) is -2.58. The fraction of sp³-hybridized carbons (Fsp3) is 0.464. The average molecular weight is 552 g/mol. The van der Waals surface area contributed by atoms with Crippen LogP contribution in [0, 0.1) is 5.92 Å². The molecule has 40 heavy (non-hydrogen) atoms. The Balaban J connectivity index is 1.57. The number of nitrogens with one attached hydrogen (secondary N) is 6. The first-order valence-corrected chi connectivity index (χ1v) is 13.6. The largest absolute Gasteiger partial charge is 0.480 e. The number of carbonyl (C=O) groups excluding carboxylic acids is 3. The lowest BCUT2D eigenvalue weighted by Crippen LogP contribution is -2.58. The van der Waals surface area contributed by atoms with E-state index in [1.165, 1.54) is 6.33 Å². The Hall–Kier alpha value is -4.19. The molecule has 7 N–H and O–H groups in total. The van der Waals surface area contributed by atoms with Gasteiger partial charge in [0.25, 0.3) is 0 Å². The van der Waals surface area contributed by atoms with Gasteiger partial charge in [0.15, 0.2) is 0 Å². The first-order valence-electron chi connectivity index (χ1n) is 13.6. The summed E-state index contributed by atoms with van der Waals surface area (Å²) in [6.07, 6.45) is 6.85. The molecule has 12 nitrogen and oxygen atoms in total. The van der Waals surface area contributed by atoms with Gasteiger partial charge in [0.2, 0.25) is 17.7 Å². The molecule has 3 amide bonds. The van der Waals surface area contributed by atoms with Crippen LogP contribution in [0.1, 0.15) is 44.4 Å². The van der Waals surface area contributed by atoms with Gasteiger partial charge in [0.05, 0.1) is 12.4 Å². The van der Waals surface area contributed by atoms with E-state index in [1.807, 2.05) is 38.1 Å². The number of fused-ring (bicyclic) bond motifs is 1. The fourth-order valence-corrected chi connectivity index (χ4v) is 4.97. The Morgan fingerprint density at radius 2 is 1.73 bits per heavy atom. The van der Waals surface area contributed by atoms with E-state index in [0.717, 1.165) is 29.4 Å². The molecule has 1 aliphatic heterocycles. The van der Waals surface area contributed by atoms with Gasteiger partial charge in [-0.05, 0) is 43.4 Å². The zero-order valence-corrected chi connectivity index (χ0v) is 22.7. The SMILES string of the molecule is CC(C)CC(NC(=O)C(Cc1c[nH]c2ccccc12)NC(=O)C(Cc1cnc[nH]1)NC(=O)C1CCCN1)C(=O)O. The Morgan fingerprint density at radius 1 is 1.00 bits per heavy atom. The minimum Gasteiger partial charge on any atom is -0.480 e. The highest BCUT2D eigenvalue weighted by Crippen LogP contribution is 2.19. The van der Waals surface area contributed by atoms with E-state index in [9.17, 15) is 24.3 Å². The molecule has 4 atom stereocenters. The van der Waals surface area contributed by atoms with E-state index in [0.29, 0.717) is 12.1 Å². The number of hydrogen-bond acceptors (Lipinski definition) is 6. The molecule has 0 bridgehead atoms. The molecule has 12 heteroatoms. The number of nitrogens with zero attached hydrogens (tertiary/aromatic N) is 1. The van der Waals surface area contributed by atoms with Crippen molar-refractivity contribution >= 4 is 34.6 Å². The van der Waals surface area contributed by atoms with Gasteiger partial charge in [0.1, 0.15) is 18.1 Å². The number of aromatic amines is 2. The Kier molecular flexibility index (Phi) is 9.54. The second kappa shape index (κ2) is 13.2. The molecule has 0 radical (unpaired) electrons. The Labute approximate surface area is 232 Å². The summed E-state index contributed by atoms with van der Waals surface area (Å²) < 4.78 is 0. The molecule has 1 saturated heterocycles. The number of carbonyl (C=O) groups is 4. The fourth-order valence-electron chi connectivity index (χ4n) is 4.97. The normalized spacial score (nSPS) is 17.3. The van der Waals surface area contributed by atoms with E-state index < -0.39 is 42.0 Å². The van der Waals surface area contributed by atoms with Crippen LogP contribution in [-0.4, -0.2) is 74.5 Å². The summed E-state index contributed by atoms with van der Waals surface area (Å²) in [5.41, 5.74) is 2.30. The molecule has 0 spiro atoms. The number of H-pyrrole nitrogens is 2. The maximum absolute atomic E-state index is 13.6. The number of imidazole rings is 1. The average Bonchev–Trinajstić information content (AvgIpc) is 3.70. The van der Waals surface area contributed by atoms with Crippen molar-refractivity contribution in [2.75, 3.05) is 6.54 Å². The number of benzene rings is 1. The van der Waals surface area contributed by atoms with Crippen LogP contribution in [0.15, 0.2) is 43.0 Å². The third-order valence-electron chi connectivity index (χ3n) is 7.04. The predicted octanol–water partition coefficient (Wildman–Crippen LogP) is 1.01. The van der Waals surface area contributed by atoms with Crippen molar-refractivity contribution in [3.63, 3.8) is 0 Å². The number of amides is 3. The van der Waals surface area contributed by atoms with Gasteiger partial charge in [-0.25, -0.2) is 9.78 Å². The van der Waals surface area contributed by atoms with Crippen LogP contribution < -0.4 is 21.3 Å². The van der Waals surface area contributed by atoms with Crippen molar-refractivity contribution in [3.05, 3.63) is 54.2 Å². The highest BCUT2D eigenvalue weighted by molar-refractivity contribution is 5.95. The molecule has 4 rings (SSSR count). The zero-order valence-electron chi connectivity index (χ0n) is 22.7. The monoisotopic (exact) mass is 551 g/mol. The van der Waals surface area contributed by atoms with Crippen LogP contribution in [0.5, 0.6) is 0 Å². The second-order valence-corrected chi connectivity index (χ2v) is 10.6. The summed E-state index contributed by atoms with van der Waals surface area (Å²) in [6, 6.07) is 4.00. The molecule has 3 heterocycles.